The number of ketones is 1. The Morgan fingerprint density at radius 3 is 2.31 bits per heavy atom. The smallest absolute Gasteiger partial charge is 0.286 e. The monoisotopic (exact) mass is 526 g/mol. The van der Waals surface area contributed by atoms with E-state index in [1.54, 1.807) is 23.1 Å². The van der Waals surface area contributed by atoms with Crippen molar-refractivity contribution in [3.63, 3.8) is 0 Å². The van der Waals surface area contributed by atoms with Crippen molar-refractivity contribution >= 4 is 28.6 Å². The molecule has 0 bridgehead atoms. The molecule has 39 heavy (non-hydrogen) atoms. The van der Waals surface area contributed by atoms with Crippen LogP contribution in [0.4, 0.5) is 11.4 Å². The number of ether oxygens (including phenoxy) is 4. The lowest BCUT2D eigenvalue weighted by molar-refractivity contribution is -0.143. The summed E-state index contributed by atoms with van der Waals surface area (Å²) in [5, 5.41) is 3.40. The van der Waals surface area contributed by atoms with Gasteiger partial charge in [-0.25, -0.2) is 0 Å². The summed E-state index contributed by atoms with van der Waals surface area (Å²) < 4.78 is 22.8. The number of carbonyl (C=O) groups excluding carboxylic acids is 2. The Balaban J connectivity index is 1.56. The number of nitrogens with zero attached hydrogens (tertiary/aromatic N) is 1. The first-order valence-electron chi connectivity index (χ1n) is 12.7. The molecule has 8 heteroatoms. The largest absolute Gasteiger partial charge is 0.493 e. The standard InChI is InChI=1S/C31H30N2O6/c1-17-15-30(2,3)33-26-21(17)11-19(27(34)20-13-24(36-4)28(38-6)25(14-20)37-5)12-22(26)31(29(33)35)32-23-10-8-7-9-18(23)16-39-31/h7-15,32H,16H2,1-6H3. The normalized spacial score (nSPS) is 20.1. The highest BCUT2D eigenvalue weighted by Gasteiger charge is 2.59. The van der Waals surface area contributed by atoms with E-state index >= 15 is 0 Å². The number of methoxy groups -OCH3 is 3. The minimum absolute atomic E-state index is 0.209. The van der Waals surface area contributed by atoms with Crippen LogP contribution in [-0.4, -0.2) is 38.6 Å². The van der Waals surface area contributed by atoms with Gasteiger partial charge in [0.05, 0.1) is 39.2 Å². The summed E-state index contributed by atoms with van der Waals surface area (Å²) >= 11 is 0. The van der Waals surface area contributed by atoms with Gasteiger partial charge in [0.15, 0.2) is 17.3 Å². The molecule has 1 N–H and O–H groups in total. The molecule has 6 rings (SSSR count). The molecular weight excluding hydrogens is 496 g/mol. The zero-order chi connectivity index (χ0) is 27.7. The zero-order valence-electron chi connectivity index (χ0n) is 22.8. The van der Waals surface area contributed by atoms with E-state index in [-0.39, 0.29) is 18.3 Å². The van der Waals surface area contributed by atoms with Crippen molar-refractivity contribution in [2.24, 2.45) is 0 Å². The Morgan fingerprint density at radius 2 is 1.64 bits per heavy atom. The predicted molar refractivity (Wildman–Crippen MR) is 148 cm³/mol. The molecule has 0 saturated heterocycles. The van der Waals surface area contributed by atoms with Crippen LogP contribution in [0.1, 0.15) is 53.4 Å². The van der Waals surface area contributed by atoms with Gasteiger partial charge in [-0.1, -0.05) is 24.3 Å². The van der Waals surface area contributed by atoms with Gasteiger partial charge in [-0.2, -0.15) is 0 Å². The molecule has 3 aliphatic heterocycles. The van der Waals surface area contributed by atoms with E-state index < -0.39 is 11.3 Å². The zero-order valence-corrected chi connectivity index (χ0v) is 22.8. The molecule has 1 amide bonds. The molecule has 1 unspecified atom stereocenters. The number of rotatable bonds is 5. The van der Waals surface area contributed by atoms with Gasteiger partial charge in [0, 0.05) is 33.5 Å². The predicted octanol–water partition coefficient (Wildman–Crippen LogP) is 5.28. The van der Waals surface area contributed by atoms with Gasteiger partial charge in [0.2, 0.25) is 11.5 Å². The lowest BCUT2D eigenvalue weighted by atomic mass is 9.86. The molecular formula is C31H30N2O6. The maximum Gasteiger partial charge on any atom is 0.286 e. The molecule has 1 atom stereocenters. The second kappa shape index (κ2) is 8.61. The highest BCUT2D eigenvalue weighted by molar-refractivity contribution is 6.16. The van der Waals surface area contributed by atoms with Gasteiger partial charge in [0.1, 0.15) is 0 Å². The number of benzene rings is 3. The van der Waals surface area contributed by atoms with Crippen molar-refractivity contribution in [3.8, 4) is 17.2 Å². The van der Waals surface area contributed by atoms with Crippen molar-refractivity contribution in [2.75, 3.05) is 31.5 Å². The van der Waals surface area contributed by atoms with Crippen LogP contribution >= 0.6 is 0 Å². The highest BCUT2D eigenvalue weighted by Crippen LogP contribution is 2.54. The second-order valence-electron chi connectivity index (χ2n) is 10.5. The third-order valence-electron chi connectivity index (χ3n) is 7.75. The number of allylic oxidation sites excluding steroid dienone is 1. The number of para-hydroxylation sites is 1. The first-order valence-corrected chi connectivity index (χ1v) is 12.7. The fourth-order valence-corrected chi connectivity index (χ4v) is 5.99. The summed E-state index contributed by atoms with van der Waals surface area (Å²) in [6, 6.07) is 14.7. The summed E-state index contributed by atoms with van der Waals surface area (Å²) in [6.07, 6.45) is 2.06. The summed E-state index contributed by atoms with van der Waals surface area (Å²) in [5.41, 5.74) is 3.71. The minimum Gasteiger partial charge on any atom is -0.493 e. The maximum absolute atomic E-state index is 14.3. The summed E-state index contributed by atoms with van der Waals surface area (Å²) in [6.45, 7) is 6.27. The van der Waals surface area contributed by atoms with Crippen molar-refractivity contribution in [1.82, 2.24) is 0 Å². The minimum atomic E-state index is -1.46. The maximum atomic E-state index is 14.3. The first-order chi connectivity index (χ1) is 18.6. The Hall–Kier alpha value is -4.30. The summed E-state index contributed by atoms with van der Waals surface area (Å²) in [7, 11) is 4.53. The van der Waals surface area contributed by atoms with Crippen LogP contribution in [-0.2, 0) is 21.9 Å². The Morgan fingerprint density at radius 1 is 0.974 bits per heavy atom. The molecule has 3 aromatic carbocycles. The highest BCUT2D eigenvalue weighted by atomic mass is 16.5. The number of fused-ring (bicyclic) bond motifs is 2. The number of carbonyl (C=O) groups is 2. The Bertz CT molecular complexity index is 1560. The van der Waals surface area contributed by atoms with E-state index in [0.717, 1.165) is 28.1 Å². The van der Waals surface area contributed by atoms with Crippen molar-refractivity contribution < 1.29 is 28.5 Å². The van der Waals surface area contributed by atoms with Crippen LogP contribution in [0.3, 0.4) is 0 Å². The SMILES string of the molecule is COc1cc(C(=O)c2cc3c4c(c2)C2(Nc5ccccc5CO2)C(=O)N4C(C)(C)C=C3C)cc(OC)c1OC. The number of hydrogen-bond donors (Lipinski definition) is 1. The van der Waals surface area contributed by atoms with Crippen LogP contribution in [0.5, 0.6) is 17.2 Å². The van der Waals surface area contributed by atoms with Gasteiger partial charge in [-0.05, 0) is 56.7 Å². The fraction of sp³-hybridized carbons (Fsp3) is 0.290. The number of anilines is 2. The lowest BCUT2D eigenvalue weighted by Gasteiger charge is -2.40. The van der Waals surface area contributed by atoms with Crippen LogP contribution in [0.15, 0.2) is 54.6 Å². The molecule has 1 spiro atoms. The van der Waals surface area contributed by atoms with Gasteiger partial charge in [0.25, 0.3) is 5.91 Å². The van der Waals surface area contributed by atoms with Crippen molar-refractivity contribution in [1.29, 1.82) is 0 Å². The van der Waals surface area contributed by atoms with Gasteiger partial charge >= 0.3 is 0 Å². The Labute approximate surface area is 227 Å². The van der Waals surface area contributed by atoms with Gasteiger partial charge in [-0.15, -0.1) is 0 Å². The topological polar surface area (TPSA) is 86.3 Å². The average molecular weight is 527 g/mol. The van der Waals surface area contributed by atoms with Crippen LogP contribution in [0.2, 0.25) is 0 Å². The van der Waals surface area contributed by atoms with E-state index in [2.05, 4.69) is 11.4 Å². The molecule has 3 aliphatic rings. The first kappa shape index (κ1) is 25.0. The molecule has 8 nitrogen and oxygen atoms in total. The molecule has 0 fully saturated rings. The van der Waals surface area contributed by atoms with Crippen LogP contribution in [0.25, 0.3) is 5.57 Å². The molecule has 3 heterocycles. The van der Waals surface area contributed by atoms with E-state index in [1.165, 1.54) is 21.3 Å². The van der Waals surface area contributed by atoms with Gasteiger partial charge < -0.3 is 24.3 Å². The lowest BCUT2D eigenvalue weighted by Crippen LogP contribution is -2.55. The number of nitrogens with one attached hydrogen (secondary N) is 1. The average Bonchev–Trinajstić information content (AvgIpc) is 3.18. The van der Waals surface area contributed by atoms with E-state index in [0.29, 0.717) is 33.9 Å². The van der Waals surface area contributed by atoms with Crippen molar-refractivity contribution in [3.05, 3.63) is 82.4 Å². The van der Waals surface area contributed by atoms with E-state index in [4.69, 9.17) is 18.9 Å². The molecule has 0 aromatic heterocycles. The summed E-state index contributed by atoms with van der Waals surface area (Å²) in [4.78, 5) is 30.0. The molecule has 0 aliphatic carbocycles. The van der Waals surface area contributed by atoms with E-state index in [1.807, 2.05) is 51.1 Å². The van der Waals surface area contributed by atoms with Crippen LogP contribution < -0.4 is 24.4 Å². The second-order valence-corrected chi connectivity index (χ2v) is 10.5. The van der Waals surface area contributed by atoms with E-state index in [9.17, 15) is 9.59 Å². The van der Waals surface area contributed by atoms with Crippen LogP contribution in [0, 0.1) is 0 Å². The third kappa shape index (κ3) is 3.48. The fourth-order valence-electron chi connectivity index (χ4n) is 5.99. The molecule has 200 valence electrons. The molecule has 0 saturated carbocycles. The van der Waals surface area contributed by atoms with Crippen molar-refractivity contribution in [2.45, 2.75) is 38.6 Å². The number of amides is 1. The summed E-state index contributed by atoms with van der Waals surface area (Å²) in [5.74, 6) is 0.710. The quantitative estimate of drug-likeness (QED) is 0.453. The Kier molecular flexibility index (Phi) is 5.52. The number of hydrogen-bond acceptors (Lipinski definition) is 7. The molecule has 3 aromatic rings. The third-order valence-corrected chi connectivity index (χ3v) is 7.75. The van der Waals surface area contributed by atoms with Gasteiger partial charge in [-0.3, -0.25) is 14.5 Å². The molecule has 0 radical (unpaired) electrons.